The van der Waals surface area contributed by atoms with Crippen LogP contribution in [0.1, 0.15) is 16.7 Å². The Morgan fingerprint density at radius 1 is 0.545 bits per heavy atom. The largest absolute Gasteiger partial charge is 0.0622 e. The van der Waals surface area contributed by atoms with Gasteiger partial charge in [0.05, 0.1) is 0 Å². The molecular formula is C22H20. The van der Waals surface area contributed by atoms with Crippen molar-refractivity contribution in [3.8, 4) is 0 Å². The fourth-order valence-corrected chi connectivity index (χ4v) is 2.67. The molecule has 0 spiro atoms. The van der Waals surface area contributed by atoms with Gasteiger partial charge >= 0.3 is 0 Å². The van der Waals surface area contributed by atoms with Gasteiger partial charge in [-0.15, -0.1) is 0 Å². The molecule has 0 aliphatic rings. The maximum Gasteiger partial charge on any atom is -0.00604 e. The number of allylic oxidation sites excluding steroid dienone is 1. The first-order chi connectivity index (χ1) is 10.9. The van der Waals surface area contributed by atoms with Crippen LogP contribution >= 0.6 is 0 Å². The molecule has 0 aliphatic carbocycles. The molecule has 0 radical (unpaired) electrons. The zero-order chi connectivity index (χ0) is 15.0. The molecule has 0 bridgehead atoms. The summed E-state index contributed by atoms with van der Waals surface area (Å²) in [6.45, 7) is 0. The van der Waals surface area contributed by atoms with Crippen molar-refractivity contribution in [2.45, 2.75) is 12.8 Å². The monoisotopic (exact) mass is 284 g/mol. The van der Waals surface area contributed by atoms with Crippen molar-refractivity contribution >= 4 is 6.08 Å². The van der Waals surface area contributed by atoms with E-state index in [4.69, 9.17) is 0 Å². The van der Waals surface area contributed by atoms with Crippen molar-refractivity contribution in [2.24, 2.45) is 0 Å². The highest BCUT2D eigenvalue weighted by molar-refractivity contribution is 5.54. The SMILES string of the molecule is C(=C(Cc1ccccc1)Cc1ccccc1)c1ccccc1. The smallest absolute Gasteiger partial charge is 0.00604 e. The highest BCUT2D eigenvalue weighted by atomic mass is 14.1. The van der Waals surface area contributed by atoms with Crippen LogP contribution in [0.25, 0.3) is 6.08 Å². The summed E-state index contributed by atoms with van der Waals surface area (Å²) in [6, 6.07) is 31.9. The molecular weight excluding hydrogens is 264 g/mol. The predicted molar refractivity (Wildman–Crippen MR) is 94.7 cm³/mol. The predicted octanol–water partition coefficient (Wildman–Crippen LogP) is 5.56. The summed E-state index contributed by atoms with van der Waals surface area (Å²) < 4.78 is 0. The molecule has 0 aliphatic heterocycles. The van der Waals surface area contributed by atoms with Crippen LogP contribution in [0.15, 0.2) is 96.6 Å². The van der Waals surface area contributed by atoms with Gasteiger partial charge in [-0.2, -0.15) is 0 Å². The summed E-state index contributed by atoms with van der Waals surface area (Å²) in [5.41, 5.74) is 5.43. The van der Waals surface area contributed by atoms with Gasteiger partial charge in [0.15, 0.2) is 0 Å². The summed E-state index contributed by atoms with van der Waals surface area (Å²) in [5, 5.41) is 0. The lowest BCUT2D eigenvalue weighted by Crippen LogP contribution is -1.96. The molecule has 0 amide bonds. The average molecular weight is 284 g/mol. The van der Waals surface area contributed by atoms with Gasteiger partial charge in [0, 0.05) is 0 Å². The molecule has 108 valence electrons. The van der Waals surface area contributed by atoms with Gasteiger partial charge in [-0.05, 0) is 29.5 Å². The summed E-state index contributed by atoms with van der Waals surface area (Å²) in [5.74, 6) is 0. The van der Waals surface area contributed by atoms with Crippen LogP contribution in [0.5, 0.6) is 0 Å². The van der Waals surface area contributed by atoms with E-state index in [0.717, 1.165) is 12.8 Å². The van der Waals surface area contributed by atoms with E-state index in [1.807, 2.05) is 0 Å². The quantitative estimate of drug-likeness (QED) is 0.575. The number of benzene rings is 3. The van der Waals surface area contributed by atoms with E-state index in [9.17, 15) is 0 Å². The fraction of sp³-hybridized carbons (Fsp3) is 0.0909. The highest BCUT2D eigenvalue weighted by Gasteiger charge is 2.02. The van der Waals surface area contributed by atoms with E-state index in [-0.39, 0.29) is 0 Å². The second-order valence-corrected chi connectivity index (χ2v) is 5.54. The van der Waals surface area contributed by atoms with E-state index < -0.39 is 0 Å². The van der Waals surface area contributed by atoms with Crippen molar-refractivity contribution in [1.29, 1.82) is 0 Å². The minimum atomic E-state index is 0.991. The molecule has 22 heavy (non-hydrogen) atoms. The van der Waals surface area contributed by atoms with E-state index >= 15 is 0 Å². The molecule has 0 heteroatoms. The Morgan fingerprint density at radius 2 is 0.955 bits per heavy atom. The normalized spacial score (nSPS) is 10.2. The van der Waals surface area contributed by atoms with E-state index in [2.05, 4.69) is 97.1 Å². The lowest BCUT2D eigenvalue weighted by atomic mass is 9.96. The Balaban J connectivity index is 1.86. The van der Waals surface area contributed by atoms with Gasteiger partial charge in [-0.3, -0.25) is 0 Å². The van der Waals surface area contributed by atoms with Crippen LogP contribution in [0, 0.1) is 0 Å². The molecule has 0 atom stereocenters. The zero-order valence-corrected chi connectivity index (χ0v) is 12.7. The molecule has 3 aromatic carbocycles. The van der Waals surface area contributed by atoms with Gasteiger partial charge in [0.25, 0.3) is 0 Å². The van der Waals surface area contributed by atoms with E-state index in [1.54, 1.807) is 0 Å². The van der Waals surface area contributed by atoms with E-state index in [1.165, 1.54) is 22.3 Å². The van der Waals surface area contributed by atoms with Gasteiger partial charge in [0.1, 0.15) is 0 Å². The van der Waals surface area contributed by atoms with Crippen molar-refractivity contribution in [1.82, 2.24) is 0 Å². The third kappa shape index (κ3) is 4.20. The molecule has 0 heterocycles. The minimum absolute atomic E-state index is 0.991. The Bertz CT molecular complexity index is 666. The first-order valence-electron chi connectivity index (χ1n) is 7.72. The maximum atomic E-state index is 2.32. The number of hydrogen-bond acceptors (Lipinski definition) is 0. The van der Waals surface area contributed by atoms with Gasteiger partial charge in [0.2, 0.25) is 0 Å². The lowest BCUT2D eigenvalue weighted by Gasteiger charge is -2.09. The standard InChI is InChI=1S/C22H20/c1-4-10-19(11-5-1)16-22(17-20-12-6-2-7-13-20)18-21-14-8-3-9-15-21/h1-16H,17-18H2. The van der Waals surface area contributed by atoms with Crippen molar-refractivity contribution in [3.63, 3.8) is 0 Å². The number of hydrogen-bond donors (Lipinski definition) is 0. The van der Waals surface area contributed by atoms with Crippen LogP contribution in [-0.2, 0) is 12.8 Å². The molecule has 0 aromatic heterocycles. The fourth-order valence-electron chi connectivity index (χ4n) is 2.67. The Kier molecular flexibility index (Phi) is 4.84. The van der Waals surface area contributed by atoms with Gasteiger partial charge in [-0.25, -0.2) is 0 Å². The van der Waals surface area contributed by atoms with Crippen molar-refractivity contribution in [2.75, 3.05) is 0 Å². The first kappa shape index (κ1) is 14.3. The minimum Gasteiger partial charge on any atom is -0.0622 e. The summed E-state index contributed by atoms with van der Waals surface area (Å²) in [4.78, 5) is 0. The molecule has 0 nitrogen and oxygen atoms in total. The summed E-state index contributed by atoms with van der Waals surface area (Å²) in [7, 11) is 0. The van der Waals surface area contributed by atoms with Crippen molar-refractivity contribution < 1.29 is 0 Å². The van der Waals surface area contributed by atoms with Crippen LogP contribution < -0.4 is 0 Å². The Morgan fingerprint density at radius 3 is 1.41 bits per heavy atom. The molecule has 0 N–H and O–H groups in total. The Labute approximate surface area is 132 Å². The summed E-state index contributed by atoms with van der Waals surface area (Å²) >= 11 is 0. The lowest BCUT2D eigenvalue weighted by molar-refractivity contribution is 1.05. The van der Waals surface area contributed by atoms with Crippen LogP contribution in [-0.4, -0.2) is 0 Å². The van der Waals surface area contributed by atoms with Crippen LogP contribution in [0.3, 0.4) is 0 Å². The van der Waals surface area contributed by atoms with Gasteiger partial charge < -0.3 is 0 Å². The third-order valence-corrected chi connectivity index (χ3v) is 3.72. The van der Waals surface area contributed by atoms with E-state index in [0.29, 0.717) is 0 Å². The molecule has 0 unspecified atom stereocenters. The van der Waals surface area contributed by atoms with Gasteiger partial charge in [-0.1, -0.05) is 103 Å². The second kappa shape index (κ2) is 7.42. The molecule has 0 saturated heterocycles. The zero-order valence-electron chi connectivity index (χ0n) is 12.7. The Hall–Kier alpha value is -2.60. The maximum absolute atomic E-state index is 2.32. The summed E-state index contributed by atoms with van der Waals surface area (Å²) in [6.07, 6.45) is 4.30. The highest BCUT2D eigenvalue weighted by Crippen LogP contribution is 2.17. The first-order valence-corrected chi connectivity index (χ1v) is 7.72. The van der Waals surface area contributed by atoms with Crippen molar-refractivity contribution in [3.05, 3.63) is 113 Å². The molecule has 0 saturated carbocycles. The molecule has 3 aromatic rings. The third-order valence-electron chi connectivity index (χ3n) is 3.72. The van der Waals surface area contributed by atoms with Crippen LogP contribution in [0.4, 0.5) is 0 Å². The van der Waals surface area contributed by atoms with Crippen LogP contribution in [0.2, 0.25) is 0 Å². The topological polar surface area (TPSA) is 0 Å². The second-order valence-electron chi connectivity index (χ2n) is 5.54. The molecule has 0 fully saturated rings. The average Bonchev–Trinajstić information content (AvgIpc) is 2.57. The number of rotatable bonds is 5. The molecule has 3 rings (SSSR count).